The van der Waals surface area contributed by atoms with Crippen molar-refractivity contribution >= 4 is 5.97 Å². The molecule has 0 aliphatic carbocycles. The van der Waals surface area contributed by atoms with Gasteiger partial charge in [0.15, 0.2) is 0 Å². The van der Waals surface area contributed by atoms with Crippen LogP contribution < -0.4 is 10.5 Å². The van der Waals surface area contributed by atoms with Gasteiger partial charge in [0.05, 0.1) is 7.11 Å². The minimum atomic E-state index is -0.637. The number of carbonyl (C=O) groups excluding carboxylic acids is 1. The van der Waals surface area contributed by atoms with Crippen molar-refractivity contribution in [3.8, 4) is 5.75 Å². The molecule has 0 aliphatic rings. The SMILES string of the molecule is COC(=O)C(N)Cc1cccc(OCCN(C)C)c1. The van der Waals surface area contributed by atoms with Gasteiger partial charge in [-0.15, -0.1) is 0 Å². The number of nitrogens with zero attached hydrogens (tertiary/aromatic N) is 1. The van der Waals surface area contributed by atoms with Gasteiger partial charge < -0.3 is 20.1 Å². The van der Waals surface area contributed by atoms with Crippen LogP contribution in [0, 0.1) is 0 Å². The third kappa shape index (κ3) is 5.72. The Hall–Kier alpha value is -1.59. The molecule has 0 spiro atoms. The Bertz CT molecular complexity index is 407. The van der Waals surface area contributed by atoms with Gasteiger partial charge in [0, 0.05) is 6.54 Å². The van der Waals surface area contributed by atoms with Crippen LogP contribution in [0.1, 0.15) is 5.56 Å². The molecule has 1 unspecified atom stereocenters. The maximum atomic E-state index is 11.3. The molecule has 2 N–H and O–H groups in total. The number of carbonyl (C=O) groups is 1. The topological polar surface area (TPSA) is 64.8 Å². The molecule has 0 saturated carbocycles. The molecule has 0 fully saturated rings. The van der Waals surface area contributed by atoms with E-state index in [1.807, 2.05) is 38.4 Å². The van der Waals surface area contributed by atoms with Crippen molar-refractivity contribution in [1.29, 1.82) is 0 Å². The van der Waals surface area contributed by atoms with Crippen molar-refractivity contribution in [3.05, 3.63) is 29.8 Å². The van der Waals surface area contributed by atoms with Gasteiger partial charge in [0.25, 0.3) is 0 Å². The Morgan fingerprint density at radius 3 is 2.79 bits per heavy atom. The maximum absolute atomic E-state index is 11.3. The second kappa shape index (κ2) is 7.76. The first kappa shape index (κ1) is 15.5. The number of methoxy groups -OCH3 is 1. The highest BCUT2D eigenvalue weighted by Gasteiger charge is 2.14. The van der Waals surface area contributed by atoms with Crippen molar-refractivity contribution < 1.29 is 14.3 Å². The molecule has 0 aromatic heterocycles. The molecule has 0 bridgehead atoms. The zero-order chi connectivity index (χ0) is 14.3. The Balaban J connectivity index is 2.54. The molecule has 0 saturated heterocycles. The Labute approximate surface area is 114 Å². The van der Waals surface area contributed by atoms with Crippen molar-refractivity contribution in [1.82, 2.24) is 4.90 Å². The van der Waals surface area contributed by atoms with Crippen LogP contribution in [0.5, 0.6) is 5.75 Å². The second-order valence-corrected chi connectivity index (χ2v) is 4.63. The van der Waals surface area contributed by atoms with Crippen molar-refractivity contribution in [2.24, 2.45) is 5.73 Å². The highest BCUT2D eigenvalue weighted by molar-refractivity contribution is 5.75. The van der Waals surface area contributed by atoms with E-state index in [2.05, 4.69) is 9.64 Å². The molecule has 5 heteroatoms. The van der Waals surface area contributed by atoms with Gasteiger partial charge in [0.2, 0.25) is 0 Å². The van der Waals surface area contributed by atoms with E-state index in [1.165, 1.54) is 7.11 Å². The fourth-order valence-corrected chi connectivity index (χ4v) is 1.60. The van der Waals surface area contributed by atoms with E-state index in [0.717, 1.165) is 17.9 Å². The minimum Gasteiger partial charge on any atom is -0.492 e. The van der Waals surface area contributed by atoms with E-state index in [4.69, 9.17) is 10.5 Å². The van der Waals surface area contributed by atoms with Crippen LogP contribution in [0.3, 0.4) is 0 Å². The van der Waals surface area contributed by atoms with Crippen LogP contribution in [0.2, 0.25) is 0 Å². The number of esters is 1. The minimum absolute atomic E-state index is 0.404. The summed E-state index contributed by atoms with van der Waals surface area (Å²) in [6.07, 6.45) is 0.442. The molecular weight excluding hydrogens is 244 g/mol. The summed E-state index contributed by atoms with van der Waals surface area (Å²) in [7, 11) is 5.33. The lowest BCUT2D eigenvalue weighted by Gasteiger charge is -2.13. The third-order valence-electron chi connectivity index (χ3n) is 2.67. The van der Waals surface area contributed by atoms with Crippen molar-refractivity contribution in [2.45, 2.75) is 12.5 Å². The second-order valence-electron chi connectivity index (χ2n) is 4.63. The molecule has 0 amide bonds. The van der Waals surface area contributed by atoms with Gasteiger partial charge in [-0.25, -0.2) is 0 Å². The predicted molar refractivity (Wildman–Crippen MR) is 74.2 cm³/mol. The van der Waals surface area contributed by atoms with Gasteiger partial charge in [-0.3, -0.25) is 4.79 Å². The van der Waals surface area contributed by atoms with Gasteiger partial charge in [0.1, 0.15) is 18.4 Å². The average molecular weight is 266 g/mol. The summed E-state index contributed by atoms with van der Waals surface area (Å²) in [6, 6.07) is 6.97. The zero-order valence-corrected chi connectivity index (χ0v) is 11.8. The molecule has 0 heterocycles. The molecule has 0 radical (unpaired) electrons. The van der Waals surface area contributed by atoms with E-state index in [0.29, 0.717) is 13.0 Å². The molecule has 5 nitrogen and oxygen atoms in total. The quantitative estimate of drug-likeness (QED) is 0.735. The molecular formula is C14H22N2O3. The number of benzene rings is 1. The van der Waals surface area contributed by atoms with Crippen LogP contribution in [0.4, 0.5) is 0 Å². The Kier molecular flexibility index (Phi) is 6.32. The lowest BCUT2D eigenvalue weighted by Crippen LogP contribution is -2.33. The summed E-state index contributed by atoms with van der Waals surface area (Å²) < 4.78 is 10.2. The summed E-state index contributed by atoms with van der Waals surface area (Å²) in [5.41, 5.74) is 6.69. The summed E-state index contributed by atoms with van der Waals surface area (Å²) in [6.45, 7) is 1.48. The first-order valence-electron chi connectivity index (χ1n) is 6.23. The van der Waals surface area contributed by atoms with Crippen LogP contribution in [-0.2, 0) is 16.0 Å². The van der Waals surface area contributed by atoms with Gasteiger partial charge in [-0.1, -0.05) is 12.1 Å². The lowest BCUT2D eigenvalue weighted by atomic mass is 10.1. The van der Waals surface area contributed by atoms with Crippen LogP contribution in [0.15, 0.2) is 24.3 Å². The van der Waals surface area contributed by atoms with Crippen LogP contribution in [-0.4, -0.2) is 51.3 Å². The van der Waals surface area contributed by atoms with Gasteiger partial charge in [-0.2, -0.15) is 0 Å². The van der Waals surface area contributed by atoms with E-state index in [9.17, 15) is 4.79 Å². The first-order valence-corrected chi connectivity index (χ1v) is 6.23. The number of likely N-dealkylation sites (N-methyl/N-ethyl adjacent to an activating group) is 1. The van der Waals surface area contributed by atoms with Crippen molar-refractivity contribution in [2.75, 3.05) is 34.4 Å². The number of hydrogen-bond acceptors (Lipinski definition) is 5. The summed E-state index contributed by atoms with van der Waals surface area (Å²) in [5.74, 6) is 0.385. The van der Waals surface area contributed by atoms with Crippen LogP contribution >= 0.6 is 0 Å². The number of rotatable bonds is 7. The van der Waals surface area contributed by atoms with E-state index in [-0.39, 0.29) is 0 Å². The first-order chi connectivity index (χ1) is 9.02. The normalized spacial score (nSPS) is 12.3. The third-order valence-corrected chi connectivity index (χ3v) is 2.67. The summed E-state index contributed by atoms with van der Waals surface area (Å²) in [4.78, 5) is 13.3. The summed E-state index contributed by atoms with van der Waals surface area (Å²) >= 11 is 0. The Morgan fingerprint density at radius 2 is 2.16 bits per heavy atom. The lowest BCUT2D eigenvalue weighted by molar-refractivity contribution is -0.142. The molecule has 1 rings (SSSR count). The van der Waals surface area contributed by atoms with E-state index in [1.54, 1.807) is 0 Å². The van der Waals surface area contributed by atoms with Crippen molar-refractivity contribution in [3.63, 3.8) is 0 Å². The Morgan fingerprint density at radius 1 is 1.42 bits per heavy atom. The molecule has 1 atom stereocenters. The maximum Gasteiger partial charge on any atom is 0.322 e. The number of nitrogens with two attached hydrogens (primary N) is 1. The molecule has 0 aliphatic heterocycles. The standard InChI is InChI=1S/C14H22N2O3/c1-16(2)7-8-19-12-6-4-5-11(9-12)10-13(15)14(17)18-3/h4-6,9,13H,7-8,10,15H2,1-3H3. The van der Waals surface area contributed by atoms with E-state index < -0.39 is 12.0 Å². The predicted octanol–water partition coefficient (Wildman–Crippen LogP) is 0.670. The molecule has 1 aromatic carbocycles. The van der Waals surface area contributed by atoms with E-state index >= 15 is 0 Å². The number of hydrogen-bond donors (Lipinski definition) is 1. The molecule has 1 aromatic rings. The van der Waals surface area contributed by atoms with Crippen LogP contribution in [0.25, 0.3) is 0 Å². The summed E-state index contributed by atoms with van der Waals surface area (Å²) in [5, 5.41) is 0. The molecule has 106 valence electrons. The zero-order valence-electron chi connectivity index (χ0n) is 11.8. The largest absolute Gasteiger partial charge is 0.492 e. The van der Waals surface area contributed by atoms with Gasteiger partial charge >= 0.3 is 5.97 Å². The average Bonchev–Trinajstić information content (AvgIpc) is 2.37. The van der Waals surface area contributed by atoms with Gasteiger partial charge in [-0.05, 0) is 38.2 Å². The molecule has 19 heavy (non-hydrogen) atoms. The fourth-order valence-electron chi connectivity index (χ4n) is 1.60. The highest BCUT2D eigenvalue weighted by Crippen LogP contribution is 2.14. The number of ether oxygens (including phenoxy) is 2. The smallest absolute Gasteiger partial charge is 0.322 e. The monoisotopic (exact) mass is 266 g/mol. The fraction of sp³-hybridized carbons (Fsp3) is 0.500. The highest BCUT2D eigenvalue weighted by atomic mass is 16.5.